The summed E-state index contributed by atoms with van der Waals surface area (Å²) in [7, 11) is 1.66. The van der Waals surface area contributed by atoms with Crippen LogP contribution in [0, 0.1) is 6.92 Å². The van der Waals surface area contributed by atoms with Crippen molar-refractivity contribution in [3.63, 3.8) is 0 Å². The Balaban J connectivity index is 2.30. The molecule has 2 aromatic carbocycles. The first kappa shape index (κ1) is 15.3. The highest BCUT2D eigenvalue weighted by Gasteiger charge is 2.17. The lowest BCUT2D eigenvalue weighted by Crippen LogP contribution is -2.26. The minimum absolute atomic E-state index is 0.159. The first-order valence-corrected chi connectivity index (χ1v) is 7.07. The van der Waals surface area contributed by atoms with E-state index >= 15 is 0 Å². The summed E-state index contributed by atoms with van der Waals surface area (Å²) in [5.74, 6) is -1.15. The summed E-state index contributed by atoms with van der Waals surface area (Å²) >= 11 is 3.43. The van der Waals surface area contributed by atoms with E-state index in [1.807, 2.05) is 19.1 Å². The summed E-state index contributed by atoms with van der Waals surface area (Å²) in [6.45, 7) is 1.92. The van der Waals surface area contributed by atoms with Crippen molar-refractivity contribution in [3.8, 4) is 0 Å². The molecule has 4 nitrogen and oxygen atoms in total. The molecule has 0 aliphatic rings. The van der Waals surface area contributed by atoms with Gasteiger partial charge in [-0.3, -0.25) is 4.79 Å². The number of anilines is 1. The van der Waals surface area contributed by atoms with E-state index in [1.165, 1.54) is 17.0 Å². The highest BCUT2D eigenvalue weighted by atomic mass is 79.9. The number of carbonyl (C=O) groups excluding carboxylic acids is 1. The Hall–Kier alpha value is -2.14. The molecular formula is C16H14BrNO3. The fraction of sp³-hybridized carbons (Fsp3) is 0.125. The molecule has 0 unspecified atom stereocenters. The fourth-order valence-electron chi connectivity index (χ4n) is 1.94. The number of rotatable bonds is 3. The summed E-state index contributed by atoms with van der Waals surface area (Å²) in [6, 6.07) is 11.7. The number of nitrogens with zero attached hydrogens (tertiary/aromatic N) is 1. The second-order valence-corrected chi connectivity index (χ2v) is 5.45. The molecule has 0 atom stereocenters. The van der Waals surface area contributed by atoms with Gasteiger partial charge in [0.1, 0.15) is 0 Å². The third kappa shape index (κ3) is 3.13. The van der Waals surface area contributed by atoms with E-state index in [2.05, 4.69) is 15.9 Å². The molecule has 0 aliphatic heterocycles. The van der Waals surface area contributed by atoms with Gasteiger partial charge in [0.25, 0.3) is 5.91 Å². The Morgan fingerprint density at radius 1 is 1.10 bits per heavy atom. The van der Waals surface area contributed by atoms with Gasteiger partial charge in [-0.25, -0.2) is 4.79 Å². The van der Waals surface area contributed by atoms with Crippen LogP contribution in [-0.4, -0.2) is 24.0 Å². The maximum Gasteiger partial charge on any atom is 0.335 e. The van der Waals surface area contributed by atoms with Gasteiger partial charge in [0, 0.05) is 17.2 Å². The van der Waals surface area contributed by atoms with Crippen LogP contribution in [0.2, 0.25) is 0 Å². The number of amides is 1. The number of benzene rings is 2. The van der Waals surface area contributed by atoms with E-state index in [0.717, 1.165) is 10.0 Å². The number of aryl methyl sites for hydroxylation is 1. The first-order chi connectivity index (χ1) is 9.91. The van der Waals surface area contributed by atoms with Crippen LogP contribution in [0.5, 0.6) is 0 Å². The second-order valence-electron chi connectivity index (χ2n) is 4.65. The largest absolute Gasteiger partial charge is 0.478 e. The minimum Gasteiger partial charge on any atom is -0.478 e. The average molecular weight is 348 g/mol. The summed E-state index contributed by atoms with van der Waals surface area (Å²) in [5, 5.41) is 8.88. The lowest BCUT2D eigenvalue weighted by Gasteiger charge is -2.18. The highest BCUT2D eigenvalue weighted by molar-refractivity contribution is 9.10. The molecular weight excluding hydrogens is 334 g/mol. The lowest BCUT2D eigenvalue weighted by molar-refractivity contribution is 0.0696. The Kier molecular flexibility index (Phi) is 4.43. The van der Waals surface area contributed by atoms with Gasteiger partial charge in [-0.15, -0.1) is 0 Å². The minimum atomic E-state index is -0.989. The number of carboxylic acids is 1. The predicted molar refractivity (Wildman–Crippen MR) is 85.0 cm³/mol. The first-order valence-electron chi connectivity index (χ1n) is 6.28. The molecule has 1 amide bonds. The SMILES string of the molecule is Cc1cccc(C(=O)N(C)c2ccc(C(=O)O)cc2)c1Br. The average Bonchev–Trinajstić information content (AvgIpc) is 2.48. The number of aromatic carboxylic acids is 1. The zero-order valence-corrected chi connectivity index (χ0v) is 13.2. The standard InChI is InChI=1S/C16H14BrNO3/c1-10-4-3-5-13(14(10)17)15(19)18(2)12-8-6-11(7-9-12)16(20)21/h3-9H,1-2H3,(H,20,21). The Morgan fingerprint density at radius 2 is 1.71 bits per heavy atom. The normalized spacial score (nSPS) is 10.2. The number of halogens is 1. The zero-order valence-electron chi connectivity index (χ0n) is 11.6. The van der Waals surface area contributed by atoms with Crippen molar-refractivity contribution in [1.82, 2.24) is 0 Å². The molecule has 2 aromatic rings. The molecule has 5 heteroatoms. The van der Waals surface area contributed by atoms with E-state index < -0.39 is 5.97 Å². The summed E-state index contributed by atoms with van der Waals surface area (Å²) < 4.78 is 0.768. The van der Waals surface area contributed by atoms with Crippen LogP contribution in [0.1, 0.15) is 26.3 Å². The van der Waals surface area contributed by atoms with Crippen LogP contribution < -0.4 is 4.90 Å². The lowest BCUT2D eigenvalue weighted by atomic mass is 10.1. The van der Waals surface area contributed by atoms with E-state index in [0.29, 0.717) is 11.3 Å². The van der Waals surface area contributed by atoms with Gasteiger partial charge in [-0.2, -0.15) is 0 Å². The van der Waals surface area contributed by atoms with E-state index in [9.17, 15) is 9.59 Å². The monoisotopic (exact) mass is 347 g/mol. The van der Waals surface area contributed by atoms with Gasteiger partial charge < -0.3 is 10.0 Å². The molecule has 0 fully saturated rings. The molecule has 0 saturated heterocycles. The van der Waals surface area contributed by atoms with Crippen molar-refractivity contribution >= 4 is 33.5 Å². The molecule has 1 N–H and O–H groups in total. The molecule has 0 aliphatic carbocycles. The van der Waals surface area contributed by atoms with Gasteiger partial charge >= 0.3 is 5.97 Å². The molecule has 0 spiro atoms. The Morgan fingerprint density at radius 3 is 2.29 bits per heavy atom. The summed E-state index contributed by atoms with van der Waals surface area (Å²) in [4.78, 5) is 24.8. The zero-order chi connectivity index (χ0) is 15.6. The molecule has 0 heterocycles. The number of carbonyl (C=O) groups is 2. The summed E-state index contributed by atoms with van der Waals surface area (Å²) in [6.07, 6.45) is 0. The smallest absolute Gasteiger partial charge is 0.335 e. The number of carboxylic acid groups (broad SMARTS) is 1. The van der Waals surface area contributed by atoms with Gasteiger partial charge in [-0.05, 0) is 58.7 Å². The van der Waals surface area contributed by atoms with Crippen molar-refractivity contribution in [2.45, 2.75) is 6.92 Å². The Labute approximate surface area is 131 Å². The molecule has 2 rings (SSSR count). The summed E-state index contributed by atoms with van der Waals surface area (Å²) in [5.41, 5.74) is 2.38. The van der Waals surface area contributed by atoms with Crippen LogP contribution in [0.3, 0.4) is 0 Å². The van der Waals surface area contributed by atoms with Crippen molar-refractivity contribution in [2.75, 3.05) is 11.9 Å². The third-order valence-corrected chi connectivity index (χ3v) is 4.28. The van der Waals surface area contributed by atoms with Crippen LogP contribution in [-0.2, 0) is 0 Å². The van der Waals surface area contributed by atoms with Crippen molar-refractivity contribution < 1.29 is 14.7 Å². The fourth-order valence-corrected chi connectivity index (χ4v) is 2.37. The highest BCUT2D eigenvalue weighted by Crippen LogP contribution is 2.24. The third-order valence-electron chi connectivity index (χ3n) is 3.23. The van der Waals surface area contributed by atoms with E-state index in [4.69, 9.17) is 5.11 Å². The van der Waals surface area contributed by atoms with Gasteiger partial charge in [0.05, 0.1) is 11.1 Å². The van der Waals surface area contributed by atoms with E-state index in [-0.39, 0.29) is 11.5 Å². The van der Waals surface area contributed by atoms with Gasteiger partial charge in [0.2, 0.25) is 0 Å². The molecule has 0 aromatic heterocycles. The molecule has 0 bridgehead atoms. The van der Waals surface area contributed by atoms with Crippen LogP contribution in [0.25, 0.3) is 0 Å². The quantitative estimate of drug-likeness (QED) is 0.920. The van der Waals surface area contributed by atoms with Crippen molar-refractivity contribution in [3.05, 3.63) is 63.6 Å². The molecule has 108 valence electrons. The van der Waals surface area contributed by atoms with E-state index in [1.54, 1.807) is 25.2 Å². The molecule has 0 radical (unpaired) electrons. The predicted octanol–water partition coefficient (Wildman–Crippen LogP) is 3.73. The van der Waals surface area contributed by atoms with Crippen molar-refractivity contribution in [1.29, 1.82) is 0 Å². The number of hydrogen-bond acceptors (Lipinski definition) is 2. The topological polar surface area (TPSA) is 57.6 Å². The second kappa shape index (κ2) is 6.10. The maximum atomic E-state index is 12.5. The van der Waals surface area contributed by atoms with Crippen LogP contribution in [0.15, 0.2) is 46.9 Å². The van der Waals surface area contributed by atoms with Crippen molar-refractivity contribution in [2.24, 2.45) is 0 Å². The molecule has 0 saturated carbocycles. The van der Waals surface area contributed by atoms with Gasteiger partial charge in [-0.1, -0.05) is 12.1 Å². The number of hydrogen-bond donors (Lipinski definition) is 1. The molecule has 21 heavy (non-hydrogen) atoms. The Bertz CT molecular complexity index is 695. The maximum absolute atomic E-state index is 12.5. The van der Waals surface area contributed by atoms with Crippen LogP contribution in [0.4, 0.5) is 5.69 Å². The van der Waals surface area contributed by atoms with Crippen LogP contribution >= 0.6 is 15.9 Å². The van der Waals surface area contributed by atoms with Gasteiger partial charge in [0.15, 0.2) is 0 Å².